The van der Waals surface area contributed by atoms with Gasteiger partial charge in [-0.25, -0.2) is 0 Å². The standard InChI is InChI=1S/C59H39NO/c1-3-16-38(17-4-1)36-49(40-18-5-2-6-19-40)45-24-15-26-51-56(45)46-22-7-11-25-50(46)59(51)52-37-41(32-35-47(52)57-48-23-10-14-29-55(48)61-58(57)59)39-30-33-42(34-31-39)60-53-27-12-8-20-43(53)44-21-9-13-28-54(44)60/h1-35,37,49H,36H2. The number of nitrogens with zero attached hydrogens (tertiary/aromatic N) is 1. The van der Waals surface area contributed by atoms with Crippen LogP contribution in [0, 0.1) is 0 Å². The number of hydrogen-bond acceptors (Lipinski definition) is 1. The molecule has 0 amide bonds. The molecule has 0 fully saturated rings. The van der Waals surface area contributed by atoms with E-state index in [-0.39, 0.29) is 5.92 Å². The van der Waals surface area contributed by atoms with Gasteiger partial charge in [-0.1, -0.05) is 182 Å². The molecule has 2 heterocycles. The minimum Gasteiger partial charge on any atom is -0.459 e. The Kier molecular flexibility index (Phi) is 7.38. The summed E-state index contributed by atoms with van der Waals surface area (Å²) in [6, 6.07) is 80.4. The molecule has 0 radical (unpaired) electrons. The second-order valence-corrected chi connectivity index (χ2v) is 16.7. The minimum absolute atomic E-state index is 0.150. The zero-order valence-corrected chi connectivity index (χ0v) is 33.4. The summed E-state index contributed by atoms with van der Waals surface area (Å²) in [4.78, 5) is 0. The monoisotopic (exact) mass is 777 g/mol. The molecule has 2 aromatic heterocycles. The summed E-state index contributed by atoms with van der Waals surface area (Å²) in [5.41, 5.74) is 19.1. The van der Waals surface area contributed by atoms with Crippen molar-refractivity contribution >= 4 is 32.8 Å². The maximum Gasteiger partial charge on any atom is 0.135 e. The number of hydrogen-bond donors (Lipinski definition) is 0. The van der Waals surface area contributed by atoms with Crippen LogP contribution in [-0.2, 0) is 11.8 Å². The van der Waals surface area contributed by atoms with Gasteiger partial charge in [-0.15, -0.1) is 0 Å². The predicted octanol–water partition coefficient (Wildman–Crippen LogP) is 14.9. The van der Waals surface area contributed by atoms with Crippen LogP contribution in [0.1, 0.15) is 45.1 Å². The second kappa shape index (κ2) is 13.2. The van der Waals surface area contributed by atoms with Crippen LogP contribution in [0.15, 0.2) is 223 Å². The minimum atomic E-state index is -0.640. The zero-order valence-electron chi connectivity index (χ0n) is 33.4. The SMILES string of the molecule is c1ccc(CC(c2ccccc2)c2cccc3c2-c2ccccc2C32c3cc(-c4ccc(-n5c6ccccc6c6ccccc65)cc4)ccc3-c3c2oc2ccccc32)cc1. The topological polar surface area (TPSA) is 18.1 Å². The van der Waals surface area contributed by atoms with Gasteiger partial charge in [0.05, 0.1) is 11.0 Å². The fraction of sp³-hybridized carbons (Fsp3) is 0.0508. The third-order valence-electron chi connectivity index (χ3n) is 13.6. The van der Waals surface area contributed by atoms with Crippen LogP contribution in [-0.4, -0.2) is 4.57 Å². The van der Waals surface area contributed by atoms with Crippen molar-refractivity contribution in [1.82, 2.24) is 4.57 Å². The second-order valence-electron chi connectivity index (χ2n) is 16.7. The average molecular weight is 778 g/mol. The molecule has 13 rings (SSSR count). The summed E-state index contributed by atoms with van der Waals surface area (Å²) in [7, 11) is 0. The van der Waals surface area contributed by atoms with Crippen molar-refractivity contribution in [3.8, 4) is 39.1 Å². The Labute approximate surface area is 354 Å². The lowest BCUT2D eigenvalue weighted by Gasteiger charge is -2.29. The van der Waals surface area contributed by atoms with Crippen LogP contribution in [0.5, 0.6) is 0 Å². The Bertz CT molecular complexity index is 3450. The van der Waals surface area contributed by atoms with Crippen molar-refractivity contribution in [3.63, 3.8) is 0 Å². The van der Waals surface area contributed by atoms with Crippen molar-refractivity contribution in [3.05, 3.63) is 258 Å². The van der Waals surface area contributed by atoms with Crippen LogP contribution in [0.25, 0.3) is 71.8 Å². The van der Waals surface area contributed by atoms with Gasteiger partial charge in [-0.05, 0) is 104 Å². The van der Waals surface area contributed by atoms with Crippen LogP contribution in [0.4, 0.5) is 0 Å². The van der Waals surface area contributed by atoms with E-state index in [1.165, 1.54) is 88.6 Å². The number of furan rings is 1. The zero-order chi connectivity index (χ0) is 40.1. The molecule has 11 aromatic rings. The first-order chi connectivity index (χ1) is 30.3. The first-order valence-corrected chi connectivity index (χ1v) is 21.4. The number of fused-ring (bicyclic) bond motifs is 15. The van der Waals surface area contributed by atoms with E-state index in [0.717, 1.165) is 28.8 Å². The van der Waals surface area contributed by atoms with E-state index in [0.29, 0.717) is 0 Å². The molecule has 2 heteroatoms. The molecule has 0 aliphatic heterocycles. The van der Waals surface area contributed by atoms with Crippen molar-refractivity contribution in [2.75, 3.05) is 0 Å². The third kappa shape index (κ3) is 4.85. The van der Waals surface area contributed by atoms with Crippen molar-refractivity contribution in [1.29, 1.82) is 0 Å². The van der Waals surface area contributed by atoms with Gasteiger partial charge < -0.3 is 8.98 Å². The van der Waals surface area contributed by atoms with E-state index in [2.05, 4.69) is 223 Å². The first-order valence-electron chi connectivity index (χ1n) is 21.4. The molecule has 61 heavy (non-hydrogen) atoms. The van der Waals surface area contributed by atoms with E-state index < -0.39 is 5.41 Å². The Morgan fingerprint density at radius 3 is 1.82 bits per heavy atom. The van der Waals surface area contributed by atoms with Gasteiger partial charge in [0.1, 0.15) is 16.8 Å². The van der Waals surface area contributed by atoms with Crippen LogP contribution >= 0.6 is 0 Å². The quantitative estimate of drug-likeness (QED) is 0.164. The molecule has 286 valence electrons. The van der Waals surface area contributed by atoms with E-state index in [1.807, 2.05) is 0 Å². The molecule has 2 aliphatic carbocycles. The maximum atomic E-state index is 7.20. The summed E-state index contributed by atoms with van der Waals surface area (Å²) < 4.78 is 9.58. The maximum absolute atomic E-state index is 7.20. The molecule has 2 nitrogen and oxygen atoms in total. The van der Waals surface area contributed by atoms with Gasteiger partial charge in [0, 0.05) is 33.3 Å². The van der Waals surface area contributed by atoms with E-state index in [4.69, 9.17) is 4.42 Å². The summed E-state index contributed by atoms with van der Waals surface area (Å²) in [6.07, 6.45) is 0.900. The molecule has 2 unspecified atom stereocenters. The van der Waals surface area contributed by atoms with Gasteiger partial charge in [-0.2, -0.15) is 0 Å². The lowest BCUT2D eigenvalue weighted by molar-refractivity contribution is 0.506. The summed E-state index contributed by atoms with van der Waals surface area (Å²) in [5.74, 6) is 1.17. The molecule has 2 aliphatic rings. The number of benzene rings is 9. The summed E-state index contributed by atoms with van der Waals surface area (Å²) in [6.45, 7) is 0. The van der Waals surface area contributed by atoms with Crippen molar-refractivity contribution in [2.24, 2.45) is 0 Å². The number of para-hydroxylation sites is 3. The smallest absolute Gasteiger partial charge is 0.135 e. The van der Waals surface area contributed by atoms with Crippen LogP contribution < -0.4 is 0 Å². The summed E-state index contributed by atoms with van der Waals surface area (Å²) >= 11 is 0. The lowest BCUT2D eigenvalue weighted by Crippen LogP contribution is -2.25. The normalized spacial score (nSPS) is 15.3. The average Bonchev–Trinajstić information content (AvgIpc) is 4.05. The molecule has 0 saturated heterocycles. The van der Waals surface area contributed by atoms with Gasteiger partial charge >= 0.3 is 0 Å². The summed E-state index contributed by atoms with van der Waals surface area (Å²) in [5, 5.41) is 3.70. The predicted molar refractivity (Wildman–Crippen MR) is 251 cm³/mol. The Morgan fingerprint density at radius 2 is 1.05 bits per heavy atom. The van der Waals surface area contributed by atoms with Crippen molar-refractivity contribution < 1.29 is 4.42 Å². The molecular weight excluding hydrogens is 739 g/mol. The fourth-order valence-corrected chi connectivity index (χ4v) is 11.1. The van der Waals surface area contributed by atoms with E-state index >= 15 is 0 Å². The third-order valence-corrected chi connectivity index (χ3v) is 13.6. The highest BCUT2D eigenvalue weighted by molar-refractivity contribution is 6.09. The number of aromatic nitrogens is 1. The molecule has 0 N–H and O–H groups in total. The van der Waals surface area contributed by atoms with Crippen molar-refractivity contribution in [2.45, 2.75) is 17.8 Å². The molecule has 0 bridgehead atoms. The van der Waals surface area contributed by atoms with Gasteiger partial charge in [-0.3, -0.25) is 0 Å². The highest BCUT2D eigenvalue weighted by Crippen LogP contribution is 2.66. The lowest BCUT2D eigenvalue weighted by atomic mass is 9.72. The Balaban J connectivity index is 1.03. The molecular formula is C59H39NO. The molecule has 0 saturated carbocycles. The fourth-order valence-electron chi connectivity index (χ4n) is 11.1. The Morgan fingerprint density at radius 1 is 0.443 bits per heavy atom. The highest BCUT2D eigenvalue weighted by atomic mass is 16.3. The highest BCUT2D eigenvalue weighted by Gasteiger charge is 2.55. The largest absolute Gasteiger partial charge is 0.459 e. The molecule has 9 aromatic carbocycles. The van der Waals surface area contributed by atoms with Gasteiger partial charge in [0.2, 0.25) is 0 Å². The molecule has 2 atom stereocenters. The number of rotatable bonds is 6. The van der Waals surface area contributed by atoms with Crippen LogP contribution in [0.3, 0.4) is 0 Å². The van der Waals surface area contributed by atoms with Crippen LogP contribution in [0.2, 0.25) is 0 Å². The molecule has 1 spiro atoms. The first kappa shape index (κ1) is 34.2. The van der Waals surface area contributed by atoms with Gasteiger partial charge in [0.25, 0.3) is 0 Å². The van der Waals surface area contributed by atoms with E-state index in [1.54, 1.807) is 0 Å². The Hall–Kier alpha value is -7.68. The van der Waals surface area contributed by atoms with E-state index in [9.17, 15) is 0 Å². The van der Waals surface area contributed by atoms with Gasteiger partial charge in [0.15, 0.2) is 0 Å².